The van der Waals surface area contributed by atoms with Crippen LogP contribution >= 0.6 is 0 Å². The van der Waals surface area contributed by atoms with Crippen molar-refractivity contribution < 1.29 is 9.90 Å². The number of carboxylic acid groups (broad SMARTS) is 1. The number of hydrogen-bond acceptors (Lipinski definition) is 3. The topological polar surface area (TPSA) is 75.3 Å². The first-order valence-corrected chi connectivity index (χ1v) is 8.41. The van der Waals surface area contributed by atoms with Crippen LogP contribution in [0.1, 0.15) is 64.2 Å². The number of rotatable bonds is 7. The van der Waals surface area contributed by atoms with Crippen LogP contribution in [0.3, 0.4) is 0 Å². The van der Waals surface area contributed by atoms with E-state index in [9.17, 15) is 9.90 Å². The average molecular weight is 282 g/mol. The van der Waals surface area contributed by atoms with Gasteiger partial charge in [-0.1, -0.05) is 38.5 Å². The third kappa shape index (κ3) is 4.19. The largest absolute Gasteiger partial charge is 0.480 e. The molecule has 2 rings (SSSR count). The summed E-state index contributed by atoms with van der Waals surface area (Å²) in [7, 11) is 0. The van der Waals surface area contributed by atoms with Crippen molar-refractivity contribution in [1.29, 1.82) is 0 Å². The van der Waals surface area contributed by atoms with Crippen molar-refractivity contribution >= 4 is 5.97 Å². The molecule has 0 aromatic rings. The van der Waals surface area contributed by atoms with Crippen molar-refractivity contribution in [2.45, 2.75) is 76.3 Å². The molecule has 0 spiro atoms. The third-order valence-electron chi connectivity index (χ3n) is 5.24. The minimum absolute atomic E-state index is 0.382. The predicted octanol–water partition coefficient (Wildman–Crippen LogP) is 2.52. The number of fused-ring (bicyclic) bond motifs is 1. The number of hydrogen-bond donors (Lipinski definition) is 3. The molecule has 0 radical (unpaired) electrons. The van der Waals surface area contributed by atoms with Gasteiger partial charge in [0.05, 0.1) is 0 Å². The maximum atomic E-state index is 11.4. The van der Waals surface area contributed by atoms with Gasteiger partial charge in [0.1, 0.15) is 6.04 Å². The van der Waals surface area contributed by atoms with E-state index in [0.29, 0.717) is 24.9 Å². The van der Waals surface area contributed by atoms with Gasteiger partial charge in [-0.15, -0.1) is 0 Å². The normalized spacial score (nSPS) is 31.6. The average Bonchev–Trinajstić information content (AvgIpc) is 2.46. The molecule has 4 atom stereocenters. The highest BCUT2D eigenvalue weighted by molar-refractivity contribution is 5.73. The van der Waals surface area contributed by atoms with Crippen molar-refractivity contribution in [1.82, 2.24) is 5.32 Å². The molecule has 4 heteroatoms. The van der Waals surface area contributed by atoms with E-state index in [4.69, 9.17) is 5.73 Å². The van der Waals surface area contributed by atoms with Gasteiger partial charge in [0.2, 0.25) is 0 Å². The van der Waals surface area contributed by atoms with Crippen molar-refractivity contribution in [2.75, 3.05) is 6.54 Å². The van der Waals surface area contributed by atoms with E-state index in [0.717, 1.165) is 25.2 Å². The molecule has 0 saturated heterocycles. The van der Waals surface area contributed by atoms with E-state index in [1.807, 2.05) is 0 Å². The van der Waals surface area contributed by atoms with Crippen LogP contribution in [-0.2, 0) is 4.79 Å². The molecule has 2 saturated carbocycles. The Bertz CT molecular complexity index is 307. The molecule has 4 nitrogen and oxygen atoms in total. The Kier molecular flexibility index (Phi) is 6.30. The van der Waals surface area contributed by atoms with Gasteiger partial charge in [-0.05, 0) is 44.1 Å². The second kappa shape index (κ2) is 7.99. The Morgan fingerprint density at radius 2 is 1.90 bits per heavy atom. The fourth-order valence-corrected chi connectivity index (χ4v) is 4.17. The first-order valence-electron chi connectivity index (χ1n) is 8.41. The van der Waals surface area contributed by atoms with Gasteiger partial charge >= 0.3 is 5.97 Å². The number of nitrogens with one attached hydrogen (secondary N) is 1. The summed E-state index contributed by atoms with van der Waals surface area (Å²) in [6, 6.07) is 0.0419. The lowest BCUT2D eigenvalue weighted by Gasteiger charge is -2.42. The van der Waals surface area contributed by atoms with Gasteiger partial charge in [-0.2, -0.15) is 0 Å². The lowest BCUT2D eigenvalue weighted by molar-refractivity contribution is -0.140. The molecular weight excluding hydrogens is 252 g/mol. The Morgan fingerprint density at radius 3 is 2.65 bits per heavy atom. The van der Waals surface area contributed by atoms with E-state index < -0.39 is 5.97 Å². The monoisotopic (exact) mass is 282 g/mol. The number of carbonyl (C=O) groups is 1. The molecule has 20 heavy (non-hydrogen) atoms. The molecular formula is C16H30N2O2. The van der Waals surface area contributed by atoms with Crippen LogP contribution in [-0.4, -0.2) is 29.7 Å². The quantitative estimate of drug-likeness (QED) is 0.627. The molecule has 0 heterocycles. The summed E-state index contributed by atoms with van der Waals surface area (Å²) >= 11 is 0. The van der Waals surface area contributed by atoms with E-state index in [1.54, 1.807) is 0 Å². The maximum absolute atomic E-state index is 11.4. The molecule has 0 bridgehead atoms. The molecule has 2 aliphatic carbocycles. The summed E-state index contributed by atoms with van der Waals surface area (Å²) in [4.78, 5) is 11.4. The fraction of sp³-hybridized carbons (Fsp3) is 0.938. The van der Waals surface area contributed by atoms with Crippen LogP contribution in [0, 0.1) is 11.8 Å². The minimum atomic E-state index is -0.694. The van der Waals surface area contributed by atoms with Crippen LogP contribution in [0.5, 0.6) is 0 Å². The lowest BCUT2D eigenvalue weighted by atomic mass is 9.68. The van der Waals surface area contributed by atoms with Crippen LogP contribution in [0.2, 0.25) is 0 Å². The zero-order valence-corrected chi connectivity index (χ0v) is 12.5. The zero-order valence-electron chi connectivity index (χ0n) is 12.5. The van der Waals surface area contributed by atoms with Gasteiger partial charge in [0.15, 0.2) is 0 Å². The van der Waals surface area contributed by atoms with Crippen molar-refractivity contribution in [2.24, 2.45) is 17.6 Å². The Labute approximate surface area is 122 Å². The van der Waals surface area contributed by atoms with Crippen LogP contribution in [0.15, 0.2) is 0 Å². The summed E-state index contributed by atoms with van der Waals surface area (Å²) < 4.78 is 0. The number of aliphatic carboxylic acids is 1. The second-order valence-corrected chi connectivity index (χ2v) is 6.59. The molecule has 4 N–H and O–H groups in total. The van der Waals surface area contributed by atoms with Crippen LogP contribution < -0.4 is 11.1 Å². The van der Waals surface area contributed by atoms with E-state index in [1.165, 1.54) is 38.5 Å². The van der Waals surface area contributed by atoms with Gasteiger partial charge in [-0.3, -0.25) is 4.79 Å². The van der Waals surface area contributed by atoms with E-state index >= 15 is 0 Å². The summed E-state index contributed by atoms with van der Waals surface area (Å²) in [5, 5.41) is 12.9. The van der Waals surface area contributed by atoms with E-state index in [-0.39, 0.29) is 6.04 Å². The number of carboxylic acids is 1. The lowest BCUT2D eigenvalue weighted by Crippen LogP contribution is -2.50. The summed E-state index contributed by atoms with van der Waals surface area (Å²) in [5.41, 5.74) is 5.49. The third-order valence-corrected chi connectivity index (χ3v) is 5.24. The molecule has 0 amide bonds. The summed E-state index contributed by atoms with van der Waals surface area (Å²) in [6.45, 7) is 0.653. The predicted molar refractivity (Wildman–Crippen MR) is 80.6 cm³/mol. The van der Waals surface area contributed by atoms with Crippen LogP contribution in [0.25, 0.3) is 0 Å². The SMILES string of the molecule is NCCCC[C@H](NC1CCCC2CCCCC21)C(=O)O. The van der Waals surface area contributed by atoms with Gasteiger partial charge < -0.3 is 16.2 Å². The first kappa shape index (κ1) is 15.8. The Morgan fingerprint density at radius 1 is 1.15 bits per heavy atom. The van der Waals surface area contributed by atoms with Crippen molar-refractivity contribution in [3.8, 4) is 0 Å². The highest BCUT2D eigenvalue weighted by Crippen LogP contribution is 2.40. The summed E-state index contributed by atoms with van der Waals surface area (Å²) in [6.07, 6.45) is 11.6. The highest BCUT2D eigenvalue weighted by Gasteiger charge is 2.36. The molecule has 116 valence electrons. The maximum Gasteiger partial charge on any atom is 0.320 e. The molecule has 0 aliphatic heterocycles. The van der Waals surface area contributed by atoms with Gasteiger partial charge in [-0.25, -0.2) is 0 Å². The number of nitrogens with two attached hydrogens (primary N) is 1. The molecule has 2 fully saturated rings. The molecule has 0 aromatic heterocycles. The van der Waals surface area contributed by atoms with Crippen molar-refractivity contribution in [3.05, 3.63) is 0 Å². The van der Waals surface area contributed by atoms with Crippen LogP contribution in [0.4, 0.5) is 0 Å². The van der Waals surface area contributed by atoms with E-state index in [2.05, 4.69) is 5.32 Å². The Balaban J connectivity index is 1.88. The minimum Gasteiger partial charge on any atom is -0.480 e. The molecule has 0 aromatic carbocycles. The Hall–Kier alpha value is -0.610. The highest BCUT2D eigenvalue weighted by atomic mass is 16.4. The fourth-order valence-electron chi connectivity index (χ4n) is 4.17. The van der Waals surface area contributed by atoms with Gasteiger partial charge in [0.25, 0.3) is 0 Å². The first-order chi connectivity index (χ1) is 9.72. The van der Waals surface area contributed by atoms with Crippen molar-refractivity contribution in [3.63, 3.8) is 0 Å². The molecule has 2 aliphatic rings. The smallest absolute Gasteiger partial charge is 0.320 e. The second-order valence-electron chi connectivity index (χ2n) is 6.59. The zero-order chi connectivity index (χ0) is 14.4. The number of unbranched alkanes of at least 4 members (excludes halogenated alkanes) is 1. The summed E-state index contributed by atoms with van der Waals surface area (Å²) in [5.74, 6) is 0.863. The standard InChI is InChI=1S/C16H30N2O2/c17-11-4-3-9-15(16(19)20)18-14-10-5-7-12-6-1-2-8-13(12)14/h12-15,18H,1-11,17H2,(H,19,20)/t12?,13?,14?,15-/m0/s1. The van der Waals surface area contributed by atoms with Gasteiger partial charge in [0, 0.05) is 6.04 Å². The molecule has 3 unspecified atom stereocenters.